The molecule has 0 fully saturated rings. The van der Waals surface area contributed by atoms with Crippen LogP contribution >= 0.6 is 0 Å². The molecule has 0 aromatic heterocycles. The lowest BCUT2D eigenvalue weighted by Crippen LogP contribution is -2.32. The minimum absolute atomic E-state index is 0.133. The molecule has 0 saturated heterocycles. The fourth-order valence-corrected chi connectivity index (χ4v) is 0.769. The minimum atomic E-state index is -1.25. The lowest BCUT2D eigenvalue weighted by atomic mass is 10.3. The van der Waals surface area contributed by atoms with Gasteiger partial charge in [0.15, 0.2) is 6.10 Å². The van der Waals surface area contributed by atoms with Gasteiger partial charge in [0, 0.05) is 6.54 Å². The second kappa shape index (κ2) is 4.59. The van der Waals surface area contributed by atoms with Crippen LogP contribution in [0.4, 0.5) is 0 Å². The van der Waals surface area contributed by atoms with Crippen molar-refractivity contribution < 1.29 is 14.6 Å². The van der Waals surface area contributed by atoms with Gasteiger partial charge in [-0.2, -0.15) is 0 Å². The molecule has 3 N–H and O–H groups in total. The zero-order valence-electron chi connectivity index (χ0n) is 7.01. The van der Waals surface area contributed by atoms with E-state index in [0.717, 1.165) is 0 Å². The SMILES string of the molecule is NC[C@@H](O)C(=O)Oc1ccccc1. The van der Waals surface area contributed by atoms with E-state index >= 15 is 0 Å². The Morgan fingerprint density at radius 1 is 1.46 bits per heavy atom. The predicted octanol–water partition coefficient (Wildman–Crippen LogP) is -0.0884. The zero-order chi connectivity index (χ0) is 9.68. The van der Waals surface area contributed by atoms with Gasteiger partial charge in [-0.05, 0) is 12.1 Å². The number of rotatable bonds is 3. The first-order valence-corrected chi connectivity index (χ1v) is 3.89. The van der Waals surface area contributed by atoms with Crippen molar-refractivity contribution in [3.8, 4) is 5.75 Å². The number of nitrogens with two attached hydrogens (primary N) is 1. The molecule has 1 rings (SSSR count). The third-order valence-corrected chi connectivity index (χ3v) is 1.46. The van der Waals surface area contributed by atoms with Crippen molar-refractivity contribution in [3.63, 3.8) is 0 Å². The summed E-state index contributed by atoms with van der Waals surface area (Å²) >= 11 is 0. The average Bonchev–Trinajstić information content (AvgIpc) is 2.18. The molecule has 0 unspecified atom stereocenters. The molecular formula is C9H11NO3. The fraction of sp³-hybridized carbons (Fsp3) is 0.222. The number of carbonyl (C=O) groups is 1. The first kappa shape index (κ1) is 9.70. The molecule has 4 nitrogen and oxygen atoms in total. The van der Waals surface area contributed by atoms with Crippen molar-refractivity contribution in [2.45, 2.75) is 6.10 Å². The van der Waals surface area contributed by atoms with E-state index in [0.29, 0.717) is 5.75 Å². The maximum absolute atomic E-state index is 11.0. The van der Waals surface area contributed by atoms with Gasteiger partial charge in [-0.15, -0.1) is 0 Å². The van der Waals surface area contributed by atoms with Gasteiger partial charge in [0.2, 0.25) is 0 Å². The van der Waals surface area contributed by atoms with Gasteiger partial charge >= 0.3 is 5.97 Å². The van der Waals surface area contributed by atoms with Crippen molar-refractivity contribution in [1.29, 1.82) is 0 Å². The number of carbonyl (C=O) groups excluding carboxylic acids is 1. The molecule has 0 spiro atoms. The molecule has 4 heteroatoms. The highest BCUT2D eigenvalue weighted by Crippen LogP contribution is 2.08. The summed E-state index contributed by atoms with van der Waals surface area (Å²) in [6.07, 6.45) is -1.25. The Hall–Kier alpha value is -1.39. The van der Waals surface area contributed by atoms with Crippen molar-refractivity contribution >= 4 is 5.97 Å². The van der Waals surface area contributed by atoms with E-state index < -0.39 is 12.1 Å². The van der Waals surface area contributed by atoms with E-state index in [9.17, 15) is 4.79 Å². The quantitative estimate of drug-likeness (QED) is 0.505. The Balaban J connectivity index is 2.55. The Morgan fingerprint density at radius 2 is 2.08 bits per heavy atom. The van der Waals surface area contributed by atoms with E-state index in [-0.39, 0.29) is 6.54 Å². The van der Waals surface area contributed by atoms with Gasteiger partial charge in [-0.1, -0.05) is 18.2 Å². The predicted molar refractivity (Wildman–Crippen MR) is 47.1 cm³/mol. The Kier molecular flexibility index (Phi) is 3.42. The van der Waals surface area contributed by atoms with Crippen molar-refractivity contribution in [2.24, 2.45) is 5.73 Å². The first-order valence-electron chi connectivity index (χ1n) is 3.89. The molecule has 1 atom stereocenters. The number of hydrogen-bond donors (Lipinski definition) is 2. The number of benzene rings is 1. The van der Waals surface area contributed by atoms with Crippen LogP contribution in [0.5, 0.6) is 5.75 Å². The third-order valence-electron chi connectivity index (χ3n) is 1.46. The third kappa shape index (κ3) is 2.85. The summed E-state index contributed by atoms with van der Waals surface area (Å²) in [4.78, 5) is 11.0. The summed E-state index contributed by atoms with van der Waals surface area (Å²) in [7, 11) is 0. The van der Waals surface area contributed by atoms with E-state index in [2.05, 4.69) is 0 Å². The van der Waals surface area contributed by atoms with Crippen LogP contribution < -0.4 is 10.5 Å². The van der Waals surface area contributed by atoms with E-state index in [4.69, 9.17) is 15.6 Å². The van der Waals surface area contributed by atoms with Crippen molar-refractivity contribution in [1.82, 2.24) is 0 Å². The molecule has 0 bridgehead atoms. The molecule has 0 radical (unpaired) electrons. The van der Waals surface area contributed by atoms with E-state index in [1.165, 1.54) is 0 Å². The second-order valence-corrected chi connectivity index (χ2v) is 2.49. The molecule has 1 aromatic carbocycles. The lowest BCUT2D eigenvalue weighted by Gasteiger charge is -2.07. The van der Waals surface area contributed by atoms with Gasteiger partial charge in [0.1, 0.15) is 5.75 Å². The smallest absolute Gasteiger partial charge is 0.341 e. The number of ether oxygens (including phenoxy) is 1. The number of aliphatic hydroxyl groups excluding tert-OH is 1. The Labute approximate surface area is 75.9 Å². The summed E-state index contributed by atoms with van der Waals surface area (Å²) in [5.41, 5.74) is 5.08. The molecule has 1 aromatic rings. The molecule has 0 aliphatic carbocycles. The zero-order valence-corrected chi connectivity index (χ0v) is 7.01. The first-order chi connectivity index (χ1) is 6.24. The van der Waals surface area contributed by atoms with Crippen LogP contribution in [0.3, 0.4) is 0 Å². The van der Waals surface area contributed by atoms with Crippen LogP contribution in [0, 0.1) is 0 Å². The molecule has 70 valence electrons. The molecule has 13 heavy (non-hydrogen) atoms. The largest absolute Gasteiger partial charge is 0.425 e. The van der Waals surface area contributed by atoms with Gasteiger partial charge in [0.25, 0.3) is 0 Å². The summed E-state index contributed by atoms with van der Waals surface area (Å²) in [5.74, 6) is -0.325. The van der Waals surface area contributed by atoms with Crippen molar-refractivity contribution in [2.75, 3.05) is 6.54 Å². The highest BCUT2D eigenvalue weighted by molar-refractivity contribution is 5.77. The molecule has 0 heterocycles. The number of para-hydroxylation sites is 1. The highest BCUT2D eigenvalue weighted by atomic mass is 16.5. The van der Waals surface area contributed by atoms with Gasteiger partial charge in [0.05, 0.1) is 0 Å². The van der Waals surface area contributed by atoms with Crippen LogP contribution in [0.1, 0.15) is 0 Å². The molecular weight excluding hydrogens is 170 g/mol. The van der Waals surface area contributed by atoms with Crippen LogP contribution in [-0.4, -0.2) is 23.7 Å². The van der Waals surface area contributed by atoms with E-state index in [1.54, 1.807) is 30.3 Å². The average molecular weight is 181 g/mol. The Bertz CT molecular complexity index is 273. The fourth-order valence-electron chi connectivity index (χ4n) is 0.769. The maximum atomic E-state index is 11.0. The molecule has 0 amide bonds. The number of aliphatic hydroxyl groups is 1. The normalized spacial score (nSPS) is 12.2. The topological polar surface area (TPSA) is 72.5 Å². The van der Waals surface area contributed by atoms with Crippen LogP contribution in [0.15, 0.2) is 30.3 Å². The van der Waals surface area contributed by atoms with E-state index in [1.807, 2.05) is 0 Å². The van der Waals surface area contributed by atoms with Crippen molar-refractivity contribution in [3.05, 3.63) is 30.3 Å². The van der Waals surface area contributed by atoms with Crippen LogP contribution in [0.2, 0.25) is 0 Å². The minimum Gasteiger partial charge on any atom is -0.425 e. The monoisotopic (exact) mass is 181 g/mol. The summed E-state index contributed by atoms with van der Waals surface area (Å²) in [5, 5.41) is 8.99. The summed E-state index contributed by atoms with van der Waals surface area (Å²) in [6, 6.07) is 8.52. The molecule has 0 aliphatic heterocycles. The van der Waals surface area contributed by atoms with Gasteiger partial charge in [-0.25, -0.2) is 4.79 Å². The second-order valence-electron chi connectivity index (χ2n) is 2.49. The van der Waals surface area contributed by atoms with Crippen LogP contribution in [-0.2, 0) is 4.79 Å². The summed E-state index contributed by atoms with van der Waals surface area (Å²) in [6.45, 7) is -0.133. The van der Waals surface area contributed by atoms with Crippen LogP contribution in [0.25, 0.3) is 0 Å². The number of esters is 1. The van der Waals surface area contributed by atoms with Gasteiger partial charge in [-0.3, -0.25) is 0 Å². The van der Waals surface area contributed by atoms with Gasteiger partial charge < -0.3 is 15.6 Å². The Morgan fingerprint density at radius 3 is 2.62 bits per heavy atom. The number of hydrogen-bond acceptors (Lipinski definition) is 4. The standard InChI is InChI=1S/C9H11NO3/c10-6-8(11)9(12)13-7-4-2-1-3-5-7/h1-5,8,11H,6,10H2/t8-/m1/s1. The molecule has 0 aliphatic rings. The lowest BCUT2D eigenvalue weighted by molar-refractivity contribution is -0.143. The maximum Gasteiger partial charge on any atom is 0.341 e. The summed E-state index contributed by atoms with van der Waals surface area (Å²) < 4.78 is 4.80. The molecule has 0 saturated carbocycles. The highest BCUT2D eigenvalue weighted by Gasteiger charge is 2.14.